The molecule has 1 N–H and O–H groups in total. The monoisotopic (exact) mass is 374 g/mol. The zero-order valence-electron chi connectivity index (χ0n) is 18.6. The smallest absolute Gasteiger partial charge is 0.0657 e. The Bertz CT molecular complexity index is 554. The lowest BCUT2D eigenvalue weighted by Gasteiger charge is -2.47. The highest BCUT2D eigenvalue weighted by atomic mass is 16.5. The number of hydrogen-bond acceptors (Lipinski definition) is 3. The number of hydrogen-bond donors (Lipinski definition) is 1. The van der Waals surface area contributed by atoms with E-state index in [9.17, 15) is 0 Å². The summed E-state index contributed by atoms with van der Waals surface area (Å²) in [6.45, 7) is 12.3. The van der Waals surface area contributed by atoms with Crippen molar-refractivity contribution in [3.63, 3.8) is 0 Å². The van der Waals surface area contributed by atoms with Gasteiger partial charge in [-0.2, -0.15) is 0 Å². The van der Waals surface area contributed by atoms with E-state index >= 15 is 0 Å². The van der Waals surface area contributed by atoms with Crippen LogP contribution in [0.3, 0.4) is 0 Å². The normalized spacial score (nSPS) is 25.7. The number of nitrogens with zero attached hydrogens (tertiary/aromatic N) is 1. The molecule has 0 amide bonds. The summed E-state index contributed by atoms with van der Waals surface area (Å²) in [5.74, 6) is 0.778. The van der Waals surface area contributed by atoms with E-state index in [-0.39, 0.29) is 5.60 Å². The minimum Gasteiger partial charge on any atom is -0.378 e. The Morgan fingerprint density at radius 3 is 2.44 bits per heavy atom. The van der Waals surface area contributed by atoms with Crippen LogP contribution >= 0.6 is 0 Å². The summed E-state index contributed by atoms with van der Waals surface area (Å²) in [5, 5.41) is 3.70. The van der Waals surface area contributed by atoms with Crippen molar-refractivity contribution in [2.45, 2.75) is 78.4 Å². The van der Waals surface area contributed by atoms with Crippen molar-refractivity contribution in [3.05, 3.63) is 29.8 Å². The second kappa shape index (κ2) is 9.93. The molecule has 0 aromatic heterocycles. The van der Waals surface area contributed by atoms with E-state index in [4.69, 9.17) is 4.74 Å². The first-order chi connectivity index (χ1) is 12.8. The van der Waals surface area contributed by atoms with Gasteiger partial charge in [0, 0.05) is 32.9 Å². The lowest BCUT2D eigenvalue weighted by Crippen LogP contribution is -2.44. The molecular formula is C24H42N2O. The van der Waals surface area contributed by atoms with E-state index in [0.717, 1.165) is 32.0 Å². The van der Waals surface area contributed by atoms with Crippen LogP contribution in [-0.2, 0) is 11.3 Å². The fraction of sp³-hybridized carbons (Fsp3) is 0.750. The van der Waals surface area contributed by atoms with Gasteiger partial charge in [0.1, 0.15) is 0 Å². The van der Waals surface area contributed by atoms with Crippen molar-refractivity contribution in [2.75, 3.05) is 32.1 Å². The molecule has 27 heavy (non-hydrogen) atoms. The molecule has 2 rings (SSSR count). The van der Waals surface area contributed by atoms with Gasteiger partial charge in [-0.1, -0.05) is 39.3 Å². The molecule has 1 aliphatic rings. The van der Waals surface area contributed by atoms with E-state index in [1.54, 1.807) is 0 Å². The molecule has 0 radical (unpaired) electrons. The van der Waals surface area contributed by atoms with Gasteiger partial charge in [0.05, 0.1) is 5.60 Å². The Kier molecular flexibility index (Phi) is 8.18. The first-order valence-electron chi connectivity index (χ1n) is 10.9. The largest absolute Gasteiger partial charge is 0.378 e. The molecule has 1 heterocycles. The van der Waals surface area contributed by atoms with Crippen molar-refractivity contribution in [1.29, 1.82) is 0 Å². The molecular weight excluding hydrogens is 332 g/mol. The number of benzene rings is 1. The minimum atomic E-state index is 0.0667. The number of anilines is 1. The van der Waals surface area contributed by atoms with Crippen LogP contribution < -0.4 is 10.2 Å². The maximum absolute atomic E-state index is 6.16. The van der Waals surface area contributed by atoms with Crippen LogP contribution in [0.25, 0.3) is 0 Å². The molecule has 1 aromatic carbocycles. The highest BCUT2D eigenvalue weighted by Gasteiger charge is 2.41. The van der Waals surface area contributed by atoms with Crippen molar-refractivity contribution in [2.24, 2.45) is 11.3 Å². The highest BCUT2D eigenvalue weighted by molar-refractivity contribution is 5.45. The predicted molar refractivity (Wildman–Crippen MR) is 117 cm³/mol. The second-order valence-corrected chi connectivity index (χ2v) is 9.50. The Hall–Kier alpha value is -1.06. The maximum Gasteiger partial charge on any atom is 0.0657 e. The molecule has 0 saturated carbocycles. The molecule has 0 unspecified atom stereocenters. The van der Waals surface area contributed by atoms with Crippen molar-refractivity contribution in [3.8, 4) is 0 Å². The third-order valence-corrected chi connectivity index (χ3v) is 6.45. The van der Waals surface area contributed by atoms with Gasteiger partial charge < -0.3 is 15.0 Å². The van der Waals surface area contributed by atoms with Crippen LogP contribution in [0, 0.1) is 11.3 Å². The van der Waals surface area contributed by atoms with Crippen molar-refractivity contribution < 1.29 is 4.74 Å². The van der Waals surface area contributed by atoms with Crippen LogP contribution in [0.15, 0.2) is 24.3 Å². The quantitative estimate of drug-likeness (QED) is 0.537. The molecule has 3 heteroatoms. The molecule has 2 atom stereocenters. The number of nitrogens with one attached hydrogen (secondary N) is 1. The van der Waals surface area contributed by atoms with Gasteiger partial charge in [0.2, 0.25) is 0 Å². The Balaban J connectivity index is 1.89. The number of ether oxygens (including phenoxy) is 1. The van der Waals surface area contributed by atoms with E-state index < -0.39 is 0 Å². The fourth-order valence-electron chi connectivity index (χ4n) is 4.32. The molecule has 0 bridgehead atoms. The van der Waals surface area contributed by atoms with Crippen molar-refractivity contribution in [1.82, 2.24) is 5.32 Å². The van der Waals surface area contributed by atoms with Gasteiger partial charge >= 0.3 is 0 Å². The third-order valence-electron chi connectivity index (χ3n) is 6.45. The second-order valence-electron chi connectivity index (χ2n) is 9.50. The van der Waals surface area contributed by atoms with Crippen molar-refractivity contribution >= 4 is 5.69 Å². The van der Waals surface area contributed by atoms with Gasteiger partial charge in [-0.05, 0) is 74.6 Å². The van der Waals surface area contributed by atoms with Gasteiger partial charge in [0.15, 0.2) is 0 Å². The molecule has 3 nitrogen and oxygen atoms in total. The van der Waals surface area contributed by atoms with Gasteiger partial charge in [-0.15, -0.1) is 0 Å². The van der Waals surface area contributed by atoms with E-state index in [1.165, 1.54) is 43.4 Å². The van der Waals surface area contributed by atoms with Gasteiger partial charge in [-0.3, -0.25) is 0 Å². The molecule has 1 saturated heterocycles. The summed E-state index contributed by atoms with van der Waals surface area (Å²) in [6.07, 6.45) is 7.46. The van der Waals surface area contributed by atoms with Gasteiger partial charge in [-0.25, -0.2) is 0 Å². The van der Waals surface area contributed by atoms with Crippen LogP contribution in [0.4, 0.5) is 5.69 Å². The summed E-state index contributed by atoms with van der Waals surface area (Å²) in [5.41, 5.74) is 3.13. The topological polar surface area (TPSA) is 24.5 Å². The zero-order chi connectivity index (χ0) is 19.9. The molecule has 1 aliphatic heterocycles. The summed E-state index contributed by atoms with van der Waals surface area (Å²) in [7, 11) is 4.17. The first kappa shape index (κ1) is 22.2. The Labute approximate surface area is 167 Å². The summed E-state index contributed by atoms with van der Waals surface area (Å²) >= 11 is 0. The summed E-state index contributed by atoms with van der Waals surface area (Å²) < 4.78 is 6.16. The summed E-state index contributed by atoms with van der Waals surface area (Å²) in [4.78, 5) is 2.14. The third kappa shape index (κ3) is 6.80. The summed E-state index contributed by atoms with van der Waals surface area (Å²) in [6, 6.07) is 8.87. The Morgan fingerprint density at radius 2 is 1.85 bits per heavy atom. The van der Waals surface area contributed by atoms with Crippen LogP contribution in [-0.4, -0.2) is 32.8 Å². The van der Waals surface area contributed by atoms with E-state index in [0.29, 0.717) is 5.41 Å². The fourth-order valence-corrected chi connectivity index (χ4v) is 4.32. The van der Waals surface area contributed by atoms with E-state index in [2.05, 4.69) is 76.3 Å². The van der Waals surface area contributed by atoms with Crippen LogP contribution in [0.1, 0.15) is 71.8 Å². The highest BCUT2D eigenvalue weighted by Crippen LogP contribution is 2.46. The molecule has 1 fully saturated rings. The van der Waals surface area contributed by atoms with Crippen LogP contribution in [0.5, 0.6) is 0 Å². The minimum absolute atomic E-state index is 0.0667. The van der Waals surface area contributed by atoms with Crippen LogP contribution in [0.2, 0.25) is 0 Å². The zero-order valence-corrected chi connectivity index (χ0v) is 18.6. The standard InChI is InChI=1S/C24H42N2O/c1-7-23(4)19-24(15-17-27-23,13-12-20(2)3)14-16-25-18-21-8-10-22(11-9-21)26(5)6/h8-11,20,25H,7,12-19H2,1-6H3/t23-,24+/m1/s1. The lowest BCUT2D eigenvalue weighted by atomic mass is 9.67. The van der Waals surface area contributed by atoms with E-state index in [1.807, 2.05) is 0 Å². The molecule has 1 aromatic rings. The molecule has 0 aliphatic carbocycles. The molecule has 0 spiro atoms. The van der Waals surface area contributed by atoms with Gasteiger partial charge in [0.25, 0.3) is 0 Å². The average Bonchev–Trinajstić information content (AvgIpc) is 2.64. The SMILES string of the molecule is CC[C@]1(C)C[C@](CCNCc2ccc(N(C)C)cc2)(CCC(C)C)CCO1. The Morgan fingerprint density at radius 1 is 1.15 bits per heavy atom. The molecule has 154 valence electrons. The predicted octanol–water partition coefficient (Wildman–Crippen LogP) is 5.63. The number of rotatable bonds is 10. The average molecular weight is 375 g/mol. The lowest BCUT2D eigenvalue weighted by molar-refractivity contribution is -0.122. The first-order valence-corrected chi connectivity index (χ1v) is 10.9. The maximum atomic E-state index is 6.16.